The normalized spacial score (nSPS) is 17.9. The van der Waals surface area contributed by atoms with Gasteiger partial charge in [-0.25, -0.2) is 0 Å². The third kappa shape index (κ3) is 12.3. The van der Waals surface area contributed by atoms with E-state index in [2.05, 4.69) is 25.1 Å². The van der Waals surface area contributed by atoms with Gasteiger partial charge in [-0.15, -0.1) is 22.6 Å². The Hall–Kier alpha value is 0.192. The van der Waals surface area contributed by atoms with Crippen molar-refractivity contribution >= 4 is 14.1 Å². The smallest absolute Gasteiger partial charge is 0.291 e. The Labute approximate surface area is 105 Å². The van der Waals surface area contributed by atoms with Crippen LogP contribution in [0, 0.1) is 0 Å². The van der Waals surface area contributed by atoms with Gasteiger partial charge in [0.1, 0.15) is 0 Å². The Kier molecular flexibility index (Phi) is 11.8. The largest absolute Gasteiger partial charge is 0.381 e. The van der Waals surface area contributed by atoms with Gasteiger partial charge in [0.2, 0.25) is 0 Å². The molecule has 3 heteroatoms. The van der Waals surface area contributed by atoms with Crippen LogP contribution >= 0.6 is 0 Å². The van der Waals surface area contributed by atoms with Crippen molar-refractivity contribution in [1.29, 1.82) is 0 Å². The van der Waals surface area contributed by atoms with E-state index in [0.29, 0.717) is 0 Å². The van der Waals surface area contributed by atoms with Gasteiger partial charge in [0.25, 0.3) is 14.1 Å². The Morgan fingerprint density at radius 1 is 0.875 bits per heavy atom. The summed E-state index contributed by atoms with van der Waals surface area (Å²) in [5.74, 6) is 4.56. The van der Waals surface area contributed by atoms with Gasteiger partial charge in [-0.3, -0.25) is 0 Å². The molecule has 2 fully saturated rings. The maximum atomic E-state index is 4.94. The van der Waals surface area contributed by atoms with Gasteiger partial charge in [0.15, 0.2) is 0 Å². The molecule has 0 unspecified atom stereocenters. The van der Waals surface area contributed by atoms with Gasteiger partial charge in [0, 0.05) is 26.4 Å². The van der Waals surface area contributed by atoms with Crippen LogP contribution in [0.5, 0.6) is 0 Å². The summed E-state index contributed by atoms with van der Waals surface area (Å²) in [5.41, 5.74) is 0. The Bertz CT molecular complexity index is 136. The van der Waals surface area contributed by atoms with Crippen molar-refractivity contribution in [3.05, 3.63) is 11.0 Å². The summed E-state index contributed by atoms with van der Waals surface area (Å²) in [7, 11) is 0. The van der Waals surface area contributed by atoms with E-state index >= 15 is 0 Å². The van der Waals surface area contributed by atoms with Crippen LogP contribution in [0.4, 0.5) is 0 Å². The highest BCUT2D eigenvalue weighted by Crippen LogP contribution is 1.98. The molecule has 2 aliphatic heterocycles. The third-order valence-electron chi connectivity index (χ3n) is 2.64. The molecule has 0 aromatic rings. The van der Waals surface area contributed by atoms with Crippen LogP contribution in [0.1, 0.15) is 32.6 Å². The SMILES string of the molecule is C1CCOC1.C1CCOC1.C=[C](C)[Al]([CH3])[CH3]. The minimum absolute atomic E-state index is 0.438. The molecule has 0 atom stereocenters. The molecule has 0 aliphatic carbocycles. The summed E-state index contributed by atoms with van der Waals surface area (Å²) in [5, 5.41) is 0. The van der Waals surface area contributed by atoms with E-state index in [0.717, 1.165) is 26.4 Å². The Morgan fingerprint density at radius 2 is 1.12 bits per heavy atom. The summed E-state index contributed by atoms with van der Waals surface area (Å²) < 4.78 is 11.3. The van der Waals surface area contributed by atoms with Crippen LogP contribution in [0.15, 0.2) is 11.0 Å². The third-order valence-corrected chi connectivity index (χ3v) is 4.61. The van der Waals surface area contributed by atoms with E-state index in [4.69, 9.17) is 9.47 Å². The van der Waals surface area contributed by atoms with Crippen LogP contribution < -0.4 is 0 Å². The van der Waals surface area contributed by atoms with Gasteiger partial charge in [0.05, 0.1) is 0 Å². The molecule has 0 amide bonds. The lowest BCUT2D eigenvalue weighted by atomic mass is 10.4. The molecule has 0 radical (unpaired) electrons. The summed E-state index contributed by atoms with van der Waals surface area (Å²) in [6, 6.07) is 0. The molecule has 2 aliphatic rings. The minimum Gasteiger partial charge on any atom is -0.381 e. The van der Waals surface area contributed by atoms with E-state index in [-0.39, 0.29) is 0 Å². The van der Waals surface area contributed by atoms with E-state index in [9.17, 15) is 0 Å². The predicted molar refractivity (Wildman–Crippen MR) is 72.4 cm³/mol. The maximum absolute atomic E-state index is 4.94. The van der Waals surface area contributed by atoms with E-state index in [1.54, 1.807) is 0 Å². The number of ether oxygens (including phenoxy) is 2. The van der Waals surface area contributed by atoms with E-state index in [1.807, 2.05) is 0 Å². The molecule has 16 heavy (non-hydrogen) atoms. The zero-order valence-electron chi connectivity index (χ0n) is 11.3. The lowest BCUT2D eigenvalue weighted by molar-refractivity contribution is 0.198. The highest BCUT2D eigenvalue weighted by atomic mass is 27.2. The Morgan fingerprint density at radius 3 is 1.19 bits per heavy atom. The monoisotopic (exact) mass is 242 g/mol. The highest BCUT2D eigenvalue weighted by Gasteiger charge is 1.98. The van der Waals surface area contributed by atoms with E-state index < -0.39 is 14.1 Å². The number of hydrogen-bond donors (Lipinski definition) is 0. The second kappa shape index (κ2) is 11.7. The number of hydrogen-bond acceptors (Lipinski definition) is 2. The van der Waals surface area contributed by atoms with Crippen molar-refractivity contribution in [3.8, 4) is 0 Å². The molecule has 2 saturated heterocycles. The van der Waals surface area contributed by atoms with Crippen molar-refractivity contribution in [1.82, 2.24) is 0 Å². The van der Waals surface area contributed by atoms with Gasteiger partial charge in [-0.1, -0.05) is 6.92 Å². The molecule has 0 spiro atoms. The van der Waals surface area contributed by atoms with Crippen LogP contribution in [-0.2, 0) is 9.47 Å². The van der Waals surface area contributed by atoms with Crippen LogP contribution in [0.25, 0.3) is 0 Å². The average Bonchev–Trinajstić information content (AvgIpc) is 2.97. The molecule has 0 N–H and O–H groups in total. The van der Waals surface area contributed by atoms with Crippen molar-refractivity contribution in [3.63, 3.8) is 0 Å². The van der Waals surface area contributed by atoms with Gasteiger partial charge in [-0.05, 0) is 25.7 Å². The van der Waals surface area contributed by atoms with Crippen LogP contribution in [-0.4, -0.2) is 40.6 Å². The van der Waals surface area contributed by atoms with Gasteiger partial charge < -0.3 is 9.47 Å². The molecule has 0 bridgehead atoms. The fourth-order valence-corrected chi connectivity index (χ4v) is 1.02. The molecule has 0 saturated carbocycles. The standard InChI is InChI=1S/2C4H8O.C3H5.2CH3.Al/c2*1-2-4-5-3-1;1-3-2;;;/h2*1-4H2;1H2,2H3;2*1H3;. The van der Waals surface area contributed by atoms with Gasteiger partial charge in [-0.2, -0.15) is 0 Å². The molecule has 94 valence electrons. The molecular formula is C13H27AlO2. The molecule has 0 aromatic heterocycles. The highest BCUT2D eigenvalue weighted by molar-refractivity contribution is 6.63. The second-order valence-corrected chi connectivity index (χ2v) is 7.94. The molecule has 0 aromatic carbocycles. The first-order chi connectivity index (χ1) is 7.64. The lowest BCUT2D eigenvalue weighted by Crippen LogP contribution is -1.98. The summed E-state index contributed by atoms with van der Waals surface area (Å²) >= 11 is -0.438. The first-order valence-electron chi connectivity index (χ1n) is 6.45. The topological polar surface area (TPSA) is 18.5 Å². The minimum atomic E-state index is -0.438. The van der Waals surface area contributed by atoms with Crippen LogP contribution in [0.3, 0.4) is 0 Å². The summed E-state index contributed by atoms with van der Waals surface area (Å²) in [6.45, 7) is 9.92. The molecular weight excluding hydrogens is 215 g/mol. The van der Waals surface area contributed by atoms with E-state index in [1.165, 1.54) is 30.1 Å². The van der Waals surface area contributed by atoms with Gasteiger partial charge >= 0.3 is 0 Å². The zero-order chi connectivity index (χ0) is 12.2. The van der Waals surface area contributed by atoms with Crippen molar-refractivity contribution < 1.29 is 9.47 Å². The fraction of sp³-hybridized carbons (Fsp3) is 0.846. The summed E-state index contributed by atoms with van der Waals surface area (Å²) in [6.07, 6.45) is 5.11. The summed E-state index contributed by atoms with van der Waals surface area (Å²) in [4.78, 5) is 0. The average molecular weight is 242 g/mol. The first kappa shape index (κ1) is 16.2. The van der Waals surface area contributed by atoms with Crippen molar-refractivity contribution in [2.75, 3.05) is 26.4 Å². The molecule has 2 nitrogen and oxygen atoms in total. The van der Waals surface area contributed by atoms with Crippen LogP contribution in [0.2, 0.25) is 11.6 Å². The molecule has 2 rings (SSSR count). The Balaban J connectivity index is 0.000000211. The van der Waals surface area contributed by atoms with Crippen molar-refractivity contribution in [2.45, 2.75) is 44.2 Å². The predicted octanol–water partition coefficient (Wildman–Crippen LogP) is 3.45. The lowest BCUT2D eigenvalue weighted by Gasteiger charge is -1.90. The van der Waals surface area contributed by atoms with Crippen molar-refractivity contribution in [2.24, 2.45) is 0 Å². The first-order valence-corrected chi connectivity index (χ1v) is 9.34. The second-order valence-electron chi connectivity index (χ2n) is 4.64. The number of allylic oxidation sites excluding steroid dienone is 1. The fourth-order valence-electron chi connectivity index (χ4n) is 1.02. The zero-order valence-corrected chi connectivity index (χ0v) is 12.4. The molecule has 2 heterocycles. The maximum Gasteiger partial charge on any atom is 0.291 e. The number of rotatable bonds is 1. The quantitative estimate of drug-likeness (QED) is 0.656.